The van der Waals surface area contributed by atoms with Gasteiger partial charge in [0.25, 0.3) is 11.5 Å². The second kappa shape index (κ2) is 3.53. The van der Waals surface area contributed by atoms with E-state index >= 15 is 0 Å². The summed E-state index contributed by atoms with van der Waals surface area (Å²) in [7, 11) is 1.38. The maximum atomic E-state index is 11.2. The van der Waals surface area contributed by atoms with E-state index in [0.29, 0.717) is 12.0 Å². The number of aromatic hydroxyl groups is 1. The fourth-order valence-electron chi connectivity index (χ4n) is 1.28. The molecule has 5 heteroatoms. The Balaban J connectivity index is 3.61. The lowest BCUT2D eigenvalue weighted by atomic mass is 10.1. The smallest absolute Gasteiger partial charge is 0.254 e. The number of carbonyl (C=O) groups is 1. The van der Waals surface area contributed by atoms with Crippen LogP contribution < -0.4 is 11.3 Å². The normalized spacial score (nSPS) is 10.1. The van der Waals surface area contributed by atoms with E-state index in [0.717, 1.165) is 4.57 Å². The minimum Gasteiger partial charge on any atom is -0.494 e. The third kappa shape index (κ3) is 1.48. The monoisotopic (exact) mass is 196 g/mol. The van der Waals surface area contributed by atoms with Crippen LogP contribution in [0.4, 0.5) is 0 Å². The highest BCUT2D eigenvalue weighted by Gasteiger charge is 2.16. The molecule has 3 N–H and O–H groups in total. The summed E-state index contributed by atoms with van der Waals surface area (Å²) in [4.78, 5) is 22.3. The zero-order valence-corrected chi connectivity index (χ0v) is 8.07. The van der Waals surface area contributed by atoms with Crippen molar-refractivity contribution in [3.8, 4) is 5.88 Å². The predicted octanol–water partition coefficient (Wildman–Crippen LogP) is -0.248. The predicted molar refractivity (Wildman–Crippen MR) is 51.2 cm³/mol. The Kier molecular flexibility index (Phi) is 2.60. The fraction of sp³-hybridized carbons (Fsp3) is 0.333. The molecule has 0 aliphatic heterocycles. The number of pyridine rings is 1. The van der Waals surface area contributed by atoms with Gasteiger partial charge in [0.1, 0.15) is 5.56 Å². The van der Waals surface area contributed by atoms with Crippen molar-refractivity contribution in [1.29, 1.82) is 0 Å². The Morgan fingerprint density at radius 2 is 2.21 bits per heavy atom. The van der Waals surface area contributed by atoms with E-state index in [9.17, 15) is 14.7 Å². The van der Waals surface area contributed by atoms with E-state index in [2.05, 4.69) is 0 Å². The Bertz CT molecular complexity index is 434. The summed E-state index contributed by atoms with van der Waals surface area (Å²) >= 11 is 0. The second-order valence-electron chi connectivity index (χ2n) is 2.98. The van der Waals surface area contributed by atoms with Gasteiger partial charge in [-0.15, -0.1) is 0 Å². The van der Waals surface area contributed by atoms with Crippen molar-refractivity contribution in [2.24, 2.45) is 12.8 Å². The first kappa shape index (κ1) is 10.3. The van der Waals surface area contributed by atoms with Gasteiger partial charge in [0, 0.05) is 13.1 Å². The van der Waals surface area contributed by atoms with Gasteiger partial charge in [-0.1, -0.05) is 6.92 Å². The van der Waals surface area contributed by atoms with Crippen LogP contribution in [0.3, 0.4) is 0 Å². The SMILES string of the molecule is CCc1cc(=O)n(C)c(O)c1C(N)=O. The van der Waals surface area contributed by atoms with Crippen LogP contribution in [0, 0.1) is 0 Å². The molecule has 14 heavy (non-hydrogen) atoms. The Labute approximate surface area is 80.8 Å². The molecular weight excluding hydrogens is 184 g/mol. The summed E-state index contributed by atoms with van der Waals surface area (Å²) in [5.74, 6) is -1.10. The van der Waals surface area contributed by atoms with E-state index in [4.69, 9.17) is 5.73 Å². The van der Waals surface area contributed by atoms with Gasteiger partial charge in [-0.25, -0.2) is 0 Å². The number of rotatable bonds is 2. The number of amides is 1. The number of primary amides is 1. The molecule has 1 heterocycles. The van der Waals surface area contributed by atoms with Gasteiger partial charge in [0.2, 0.25) is 5.88 Å². The van der Waals surface area contributed by atoms with Gasteiger partial charge in [-0.2, -0.15) is 0 Å². The molecule has 0 saturated heterocycles. The topological polar surface area (TPSA) is 85.3 Å². The van der Waals surface area contributed by atoms with Crippen molar-refractivity contribution in [2.75, 3.05) is 0 Å². The molecular formula is C9H12N2O3. The van der Waals surface area contributed by atoms with Crippen molar-refractivity contribution in [2.45, 2.75) is 13.3 Å². The molecule has 0 bridgehead atoms. The number of aryl methyl sites for hydroxylation is 1. The average molecular weight is 196 g/mol. The zero-order chi connectivity index (χ0) is 10.9. The lowest BCUT2D eigenvalue weighted by Crippen LogP contribution is -2.23. The first-order valence-corrected chi connectivity index (χ1v) is 4.20. The lowest BCUT2D eigenvalue weighted by molar-refractivity contribution is 0.0995. The van der Waals surface area contributed by atoms with E-state index in [1.165, 1.54) is 13.1 Å². The third-order valence-electron chi connectivity index (χ3n) is 2.12. The minimum atomic E-state index is -0.727. The molecule has 0 radical (unpaired) electrons. The Hall–Kier alpha value is -1.78. The molecule has 0 spiro atoms. The van der Waals surface area contributed by atoms with Crippen molar-refractivity contribution >= 4 is 5.91 Å². The van der Waals surface area contributed by atoms with Crippen molar-refractivity contribution in [1.82, 2.24) is 4.57 Å². The molecule has 1 rings (SSSR count). The molecule has 0 saturated carbocycles. The van der Waals surface area contributed by atoms with Crippen LogP contribution in [0.2, 0.25) is 0 Å². The first-order valence-electron chi connectivity index (χ1n) is 4.20. The molecule has 1 amide bonds. The van der Waals surface area contributed by atoms with E-state index in [-0.39, 0.29) is 17.0 Å². The second-order valence-corrected chi connectivity index (χ2v) is 2.98. The molecule has 1 aromatic rings. The highest BCUT2D eigenvalue weighted by Crippen LogP contribution is 2.17. The summed E-state index contributed by atoms with van der Waals surface area (Å²) in [6, 6.07) is 1.31. The third-order valence-corrected chi connectivity index (χ3v) is 2.12. The molecule has 0 aromatic carbocycles. The van der Waals surface area contributed by atoms with Gasteiger partial charge < -0.3 is 10.8 Å². The van der Waals surface area contributed by atoms with Crippen LogP contribution in [0.1, 0.15) is 22.8 Å². The summed E-state index contributed by atoms with van der Waals surface area (Å²) in [6.45, 7) is 1.78. The van der Waals surface area contributed by atoms with E-state index in [1.54, 1.807) is 6.92 Å². The summed E-state index contributed by atoms with van der Waals surface area (Å²) < 4.78 is 0.985. The molecule has 5 nitrogen and oxygen atoms in total. The maximum absolute atomic E-state index is 11.2. The molecule has 0 aliphatic rings. The van der Waals surface area contributed by atoms with Gasteiger partial charge >= 0.3 is 0 Å². The highest BCUT2D eigenvalue weighted by molar-refractivity contribution is 5.96. The highest BCUT2D eigenvalue weighted by atomic mass is 16.3. The van der Waals surface area contributed by atoms with Crippen LogP contribution in [-0.4, -0.2) is 15.6 Å². The van der Waals surface area contributed by atoms with Crippen LogP contribution in [0.5, 0.6) is 5.88 Å². The zero-order valence-electron chi connectivity index (χ0n) is 8.07. The van der Waals surface area contributed by atoms with Crippen molar-refractivity contribution in [3.05, 3.63) is 27.5 Å². The first-order chi connectivity index (χ1) is 6.49. The standard InChI is InChI=1S/C9H12N2O3/c1-3-5-4-6(12)11(2)9(14)7(5)8(10)13/h4,14H,3H2,1-2H3,(H2,10,13). The molecule has 0 atom stereocenters. The molecule has 0 unspecified atom stereocenters. The number of aromatic nitrogens is 1. The van der Waals surface area contributed by atoms with Gasteiger partial charge in [-0.05, 0) is 12.0 Å². The van der Waals surface area contributed by atoms with Crippen LogP contribution in [0.25, 0.3) is 0 Å². The Morgan fingerprint density at radius 1 is 1.64 bits per heavy atom. The van der Waals surface area contributed by atoms with Gasteiger partial charge in [0.05, 0.1) is 0 Å². The molecule has 76 valence electrons. The molecule has 1 aromatic heterocycles. The van der Waals surface area contributed by atoms with Crippen molar-refractivity contribution < 1.29 is 9.90 Å². The van der Waals surface area contributed by atoms with E-state index < -0.39 is 5.91 Å². The Morgan fingerprint density at radius 3 is 2.64 bits per heavy atom. The fourth-order valence-corrected chi connectivity index (χ4v) is 1.28. The largest absolute Gasteiger partial charge is 0.494 e. The lowest BCUT2D eigenvalue weighted by Gasteiger charge is -2.09. The maximum Gasteiger partial charge on any atom is 0.254 e. The van der Waals surface area contributed by atoms with E-state index in [1.807, 2.05) is 0 Å². The summed E-state index contributed by atoms with van der Waals surface area (Å²) in [5.41, 5.74) is 5.23. The van der Waals surface area contributed by atoms with Gasteiger partial charge in [-0.3, -0.25) is 14.2 Å². The van der Waals surface area contributed by atoms with Crippen molar-refractivity contribution in [3.63, 3.8) is 0 Å². The van der Waals surface area contributed by atoms with Crippen LogP contribution in [-0.2, 0) is 13.5 Å². The summed E-state index contributed by atoms with van der Waals surface area (Å²) in [6.07, 6.45) is 0.474. The summed E-state index contributed by atoms with van der Waals surface area (Å²) in [5, 5.41) is 9.52. The number of hydrogen-bond donors (Lipinski definition) is 2. The number of carbonyl (C=O) groups excluding carboxylic acids is 1. The van der Waals surface area contributed by atoms with Crippen LogP contribution in [0.15, 0.2) is 10.9 Å². The van der Waals surface area contributed by atoms with Gasteiger partial charge in [0.15, 0.2) is 0 Å². The average Bonchev–Trinajstić information content (AvgIpc) is 2.12. The molecule has 0 aliphatic carbocycles. The number of nitrogens with zero attached hydrogens (tertiary/aromatic N) is 1. The number of hydrogen-bond acceptors (Lipinski definition) is 3. The molecule has 0 fully saturated rings. The van der Waals surface area contributed by atoms with Crippen LogP contribution >= 0.6 is 0 Å². The quantitative estimate of drug-likeness (QED) is 0.684. The number of nitrogens with two attached hydrogens (primary N) is 1. The minimum absolute atomic E-state index is 0.0228.